The van der Waals surface area contributed by atoms with Gasteiger partial charge in [-0.05, 0) is 50.9 Å². The minimum absolute atomic E-state index is 0.378. The number of fused-ring (bicyclic) bond motifs is 1. The van der Waals surface area contributed by atoms with Gasteiger partial charge in [0.05, 0.1) is 6.10 Å². The van der Waals surface area contributed by atoms with E-state index in [-0.39, 0.29) is 6.10 Å². The molecule has 2 heterocycles. The summed E-state index contributed by atoms with van der Waals surface area (Å²) in [5.41, 5.74) is 2.30. The van der Waals surface area contributed by atoms with E-state index in [0.717, 1.165) is 18.2 Å². The van der Waals surface area contributed by atoms with Gasteiger partial charge < -0.3 is 10.0 Å². The van der Waals surface area contributed by atoms with Gasteiger partial charge in [0.2, 0.25) is 0 Å². The minimum atomic E-state index is -0.378. The zero-order valence-electron chi connectivity index (χ0n) is 12.6. The maximum atomic E-state index is 9.61. The maximum Gasteiger partial charge on any atom is 0.0761 e. The molecule has 0 bridgehead atoms. The molecule has 1 aromatic rings. The predicted octanol–water partition coefficient (Wildman–Crippen LogP) is 2.80. The van der Waals surface area contributed by atoms with Crippen molar-refractivity contribution in [3.63, 3.8) is 0 Å². The van der Waals surface area contributed by atoms with Gasteiger partial charge in [-0.3, -0.25) is 4.90 Å². The van der Waals surface area contributed by atoms with Gasteiger partial charge in [-0.2, -0.15) is 0 Å². The summed E-state index contributed by atoms with van der Waals surface area (Å²) < 4.78 is 0. The lowest BCUT2D eigenvalue weighted by Crippen LogP contribution is -2.58. The molecule has 2 unspecified atom stereocenters. The molecule has 0 radical (unpaired) electrons. The average Bonchev–Trinajstić information content (AvgIpc) is 2.46. The summed E-state index contributed by atoms with van der Waals surface area (Å²) in [7, 11) is 0. The summed E-state index contributed by atoms with van der Waals surface area (Å²) in [5.74, 6) is 0. The lowest BCUT2D eigenvalue weighted by Gasteiger charge is -2.48. The Morgan fingerprint density at radius 2 is 1.90 bits per heavy atom. The molecular formula is C17H26N2O. The Balaban J connectivity index is 1.75. The molecule has 20 heavy (non-hydrogen) atoms. The van der Waals surface area contributed by atoms with Crippen molar-refractivity contribution in [2.45, 2.75) is 51.3 Å². The van der Waals surface area contributed by atoms with E-state index in [1.54, 1.807) is 0 Å². The summed E-state index contributed by atoms with van der Waals surface area (Å²) in [6.45, 7) is 7.76. The number of piperidine rings is 1. The number of nitrogens with zero attached hydrogens (tertiary/aromatic N) is 2. The number of anilines is 1. The molecular weight excluding hydrogens is 248 g/mol. The molecule has 0 saturated carbocycles. The quantitative estimate of drug-likeness (QED) is 0.898. The first kappa shape index (κ1) is 13.9. The third-order valence-electron chi connectivity index (χ3n) is 4.89. The fourth-order valence-electron chi connectivity index (χ4n) is 3.66. The highest BCUT2D eigenvalue weighted by Gasteiger charge is 2.32. The third kappa shape index (κ3) is 2.70. The first-order valence-electron chi connectivity index (χ1n) is 7.94. The Kier molecular flexibility index (Phi) is 3.99. The molecule has 2 aliphatic heterocycles. The Labute approximate surface area is 122 Å². The van der Waals surface area contributed by atoms with Gasteiger partial charge >= 0.3 is 0 Å². The van der Waals surface area contributed by atoms with Crippen LogP contribution in [0.25, 0.3) is 0 Å². The molecule has 1 aromatic carbocycles. The van der Waals surface area contributed by atoms with Crippen LogP contribution in [-0.2, 0) is 0 Å². The molecule has 1 N–H and O–H groups in total. The van der Waals surface area contributed by atoms with Gasteiger partial charge in [-0.15, -0.1) is 0 Å². The van der Waals surface area contributed by atoms with E-state index in [1.165, 1.54) is 38.0 Å². The van der Waals surface area contributed by atoms with Gasteiger partial charge in [-0.1, -0.05) is 18.6 Å². The van der Waals surface area contributed by atoms with Crippen LogP contribution in [0, 0.1) is 0 Å². The molecule has 2 fully saturated rings. The molecule has 0 aromatic heterocycles. The van der Waals surface area contributed by atoms with E-state index in [1.807, 2.05) is 6.92 Å². The number of hydrogen-bond donors (Lipinski definition) is 1. The number of piperazine rings is 1. The van der Waals surface area contributed by atoms with Crippen molar-refractivity contribution >= 4 is 5.69 Å². The van der Waals surface area contributed by atoms with Crippen LogP contribution in [0.2, 0.25) is 0 Å². The second-order valence-corrected chi connectivity index (χ2v) is 6.41. The second-order valence-electron chi connectivity index (χ2n) is 6.41. The van der Waals surface area contributed by atoms with Crippen LogP contribution in [-0.4, -0.2) is 41.7 Å². The number of rotatable bonds is 2. The van der Waals surface area contributed by atoms with Crippen LogP contribution in [0.5, 0.6) is 0 Å². The lowest BCUT2D eigenvalue weighted by molar-refractivity contribution is 0.115. The topological polar surface area (TPSA) is 26.7 Å². The fraction of sp³-hybridized carbons (Fsp3) is 0.647. The van der Waals surface area contributed by atoms with Crippen LogP contribution < -0.4 is 4.90 Å². The largest absolute Gasteiger partial charge is 0.389 e. The molecule has 0 aliphatic carbocycles. The molecule has 0 amide bonds. The lowest BCUT2D eigenvalue weighted by atomic mass is 9.96. The first-order chi connectivity index (χ1) is 9.65. The van der Waals surface area contributed by atoms with Gasteiger partial charge in [0.1, 0.15) is 0 Å². The summed E-state index contributed by atoms with van der Waals surface area (Å²) in [4.78, 5) is 5.22. The first-order valence-corrected chi connectivity index (χ1v) is 7.94. The van der Waals surface area contributed by atoms with Crippen molar-refractivity contribution in [1.82, 2.24) is 4.90 Å². The standard InChI is InChI=1S/C17H26N2O/c1-13-11-18-10-4-3-5-17(18)12-19(13)16-8-6-15(7-9-16)14(2)20/h6-9,13-14,17,20H,3-5,10-12H2,1-2H3/t13?,14-,17?/m0/s1. The second kappa shape index (κ2) is 5.74. The highest BCUT2D eigenvalue weighted by molar-refractivity contribution is 5.49. The van der Waals surface area contributed by atoms with Crippen LogP contribution in [0.3, 0.4) is 0 Å². The molecule has 3 rings (SSSR count). The predicted molar refractivity (Wildman–Crippen MR) is 83.1 cm³/mol. The van der Waals surface area contributed by atoms with E-state index >= 15 is 0 Å². The molecule has 3 nitrogen and oxygen atoms in total. The smallest absolute Gasteiger partial charge is 0.0761 e. The van der Waals surface area contributed by atoms with Crippen molar-refractivity contribution in [3.8, 4) is 0 Å². The zero-order valence-corrected chi connectivity index (χ0v) is 12.6. The average molecular weight is 274 g/mol. The third-order valence-corrected chi connectivity index (χ3v) is 4.89. The number of benzene rings is 1. The van der Waals surface area contributed by atoms with Gasteiger partial charge in [0, 0.05) is 30.9 Å². The Morgan fingerprint density at radius 3 is 2.60 bits per heavy atom. The highest BCUT2D eigenvalue weighted by Crippen LogP contribution is 2.28. The number of hydrogen-bond acceptors (Lipinski definition) is 3. The number of aliphatic hydroxyl groups is 1. The summed E-state index contributed by atoms with van der Waals surface area (Å²) in [5, 5.41) is 9.61. The zero-order chi connectivity index (χ0) is 14.1. The Morgan fingerprint density at radius 1 is 1.15 bits per heavy atom. The SMILES string of the molecule is CC1CN2CCCCC2CN1c1ccc([C@H](C)O)cc1. The molecule has 2 aliphatic rings. The Hall–Kier alpha value is -1.06. The monoisotopic (exact) mass is 274 g/mol. The summed E-state index contributed by atoms with van der Waals surface area (Å²) in [6, 6.07) is 9.74. The van der Waals surface area contributed by atoms with Crippen molar-refractivity contribution in [1.29, 1.82) is 0 Å². The molecule has 110 valence electrons. The summed E-state index contributed by atoms with van der Waals surface area (Å²) >= 11 is 0. The van der Waals surface area contributed by atoms with E-state index in [0.29, 0.717) is 6.04 Å². The van der Waals surface area contributed by atoms with Crippen molar-refractivity contribution in [2.24, 2.45) is 0 Å². The van der Waals surface area contributed by atoms with Crippen molar-refractivity contribution in [2.75, 3.05) is 24.5 Å². The maximum absolute atomic E-state index is 9.61. The van der Waals surface area contributed by atoms with Crippen molar-refractivity contribution < 1.29 is 5.11 Å². The molecule has 3 atom stereocenters. The minimum Gasteiger partial charge on any atom is -0.389 e. The Bertz CT molecular complexity index is 443. The fourth-order valence-corrected chi connectivity index (χ4v) is 3.66. The van der Waals surface area contributed by atoms with E-state index in [2.05, 4.69) is 41.0 Å². The molecule has 0 spiro atoms. The van der Waals surface area contributed by atoms with Gasteiger partial charge in [-0.25, -0.2) is 0 Å². The van der Waals surface area contributed by atoms with Gasteiger partial charge in [0.25, 0.3) is 0 Å². The number of aliphatic hydroxyl groups excluding tert-OH is 1. The van der Waals surface area contributed by atoms with Crippen molar-refractivity contribution in [3.05, 3.63) is 29.8 Å². The van der Waals surface area contributed by atoms with E-state index < -0.39 is 0 Å². The van der Waals surface area contributed by atoms with Crippen LogP contribution in [0.1, 0.15) is 44.8 Å². The normalized spacial score (nSPS) is 29.1. The van der Waals surface area contributed by atoms with Gasteiger partial charge in [0.15, 0.2) is 0 Å². The summed E-state index contributed by atoms with van der Waals surface area (Å²) in [6.07, 6.45) is 3.71. The highest BCUT2D eigenvalue weighted by atomic mass is 16.3. The molecule has 2 saturated heterocycles. The van der Waals surface area contributed by atoms with Crippen LogP contribution >= 0.6 is 0 Å². The molecule has 3 heteroatoms. The van der Waals surface area contributed by atoms with Crippen LogP contribution in [0.4, 0.5) is 5.69 Å². The van der Waals surface area contributed by atoms with E-state index in [4.69, 9.17) is 0 Å². The van der Waals surface area contributed by atoms with E-state index in [9.17, 15) is 5.11 Å². The van der Waals surface area contributed by atoms with Crippen LogP contribution in [0.15, 0.2) is 24.3 Å².